The van der Waals surface area contributed by atoms with E-state index in [9.17, 15) is 13.2 Å². The smallest absolute Gasteiger partial charge is 0.254 e. The van der Waals surface area contributed by atoms with Crippen molar-refractivity contribution in [2.24, 2.45) is 0 Å². The highest BCUT2D eigenvalue weighted by Crippen LogP contribution is 2.24. The Kier molecular flexibility index (Phi) is 5.15. The van der Waals surface area contributed by atoms with E-state index in [2.05, 4.69) is 10.3 Å². The van der Waals surface area contributed by atoms with E-state index in [1.54, 1.807) is 31.5 Å². The molecule has 1 aliphatic rings. The number of hydrogen-bond donors (Lipinski definition) is 1. The highest BCUT2D eigenvalue weighted by atomic mass is 32.2. The summed E-state index contributed by atoms with van der Waals surface area (Å²) in [4.78, 5) is 19.1. The zero-order valence-corrected chi connectivity index (χ0v) is 14.9. The molecule has 0 aliphatic carbocycles. The molecular weight excluding hydrogens is 338 g/mol. The van der Waals surface area contributed by atoms with E-state index >= 15 is 0 Å². The van der Waals surface area contributed by atoms with Crippen LogP contribution in [0.25, 0.3) is 0 Å². The summed E-state index contributed by atoms with van der Waals surface area (Å²) in [6, 6.07) is 9.92. The summed E-state index contributed by atoms with van der Waals surface area (Å²) in [5.74, 6) is -0.0583. The molecule has 0 spiro atoms. The number of piperazine rings is 1. The quantitative estimate of drug-likeness (QED) is 0.898. The van der Waals surface area contributed by atoms with Gasteiger partial charge in [-0.1, -0.05) is 13.0 Å². The average Bonchev–Trinajstić information content (AvgIpc) is 2.68. The fourth-order valence-electron chi connectivity index (χ4n) is 2.96. The molecule has 1 unspecified atom stereocenters. The second kappa shape index (κ2) is 7.33. The van der Waals surface area contributed by atoms with Crippen LogP contribution in [0.1, 0.15) is 28.9 Å². The average molecular weight is 359 g/mol. The fraction of sp³-hybridized carbons (Fsp3) is 0.333. The number of pyridine rings is 1. The molecule has 1 saturated heterocycles. The first-order chi connectivity index (χ1) is 12.0. The largest absolute Gasteiger partial charge is 0.329 e. The van der Waals surface area contributed by atoms with Crippen LogP contribution in [0.2, 0.25) is 0 Å². The molecule has 1 N–H and O–H groups in total. The van der Waals surface area contributed by atoms with Crippen LogP contribution in [0, 0.1) is 0 Å². The number of sulfone groups is 1. The number of amides is 1. The standard InChI is InChI=1S/C18H21N3O3S/c1-2-25(23,24)16-7-5-14(6-8-16)18(22)21-11-10-20-13-17(21)15-4-3-9-19-12-15/h3-9,12,17,20H,2,10-11,13H2,1H3. The lowest BCUT2D eigenvalue weighted by atomic mass is 10.0. The van der Waals surface area contributed by atoms with E-state index in [-0.39, 0.29) is 22.6 Å². The topological polar surface area (TPSA) is 79.4 Å². The summed E-state index contributed by atoms with van der Waals surface area (Å²) in [5.41, 5.74) is 1.47. The summed E-state index contributed by atoms with van der Waals surface area (Å²) < 4.78 is 23.8. The van der Waals surface area contributed by atoms with Crippen LogP contribution < -0.4 is 5.32 Å². The van der Waals surface area contributed by atoms with Crippen molar-refractivity contribution in [3.63, 3.8) is 0 Å². The Hall–Kier alpha value is -2.25. The van der Waals surface area contributed by atoms with Gasteiger partial charge in [-0.2, -0.15) is 0 Å². The number of nitrogens with zero attached hydrogens (tertiary/aromatic N) is 2. The summed E-state index contributed by atoms with van der Waals surface area (Å²) in [6.45, 7) is 3.59. The number of hydrogen-bond acceptors (Lipinski definition) is 5. The fourth-order valence-corrected chi connectivity index (χ4v) is 3.84. The Bertz CT molecular complexity index is 836. The first-order valence-corrected chi connectivity index (χ1v) is 9.92. The van der Waals surface area contributed by atoms with Crippen molar-refractivity contribution in [3.05, 3.63) is 59.9 Å². The Morgan fingerprint density at radius 2 is 2.04 bits per heavy atom. The van der Waals surface area contributed by atoms with Gasteiger partial charge in [0.15, 0.2) is 9.84 Å². The lowest BCUT2D eigenvalue weighted by Crippen LogP contribution is -2.48. The number of carbonyl (C=O) groups is 1. The van der Waals surface area contributed by atoms with E-state index in [0.29, 0.717) is 18.7 Å². The maximum atomic E-state index is 12.9. The molecule has 1 aromatic carbocycles. The van der Waals surface area contributed by atoms with Gasteiger partial charge in [-0.15, -0.1) is 0 Å². The highest BCUT2D eigenvalue weighted by molar-refractivity contribution is 7.91. The van der Waals surface area contributed by atoms with Crippen LogP contribution in [0.4, 0.5) is 0 Å². The van der Waals surface area contributed by atoms with Gasteiger partial charge in [-0.25, -0.2) is 8.42 Å². The van der Waals surface area contributed by atoms with Gasteiger partial charge >= 0.3 is 0 Å². The molecule has 7 heteroatoms. The van der Waals surface area contributed by atoms with E-state index < -0.39 is 9.84 Å². The van der Waals surface area contributed by atoms with Crippen molar-refractivity contribution in [2.45, 2.75) is 17.9 Å². The van der Waals surface area contributed by atoms with Crippen molar-refractivity contribution in [1.82, 2.24) is 15.2 Å². The Labute approximate surface area is 147 Å². The SMILES string of the molecule is CCS(=O)(=O)c1ccc(C(=O)N2CCNCC2c2cccnc2)cc1. The van der Waals surface area contributed by atoms with Crippen LogP contribution in [0.3, 0.4) is 0 Å². The first-order valence-electron chi connectivity index (χ1n) is 8.27. The van der Waals surface area contributed by atoms with Gasteiger partial charge in [0.1, 0.15) is 0 Å². The number of nitrogens with one attached hydrogen (secondary N) is 1. The molecule has 132 valence electrons. The second-order valence-electron chi connectivity index (χ2n) is 5.93. The zero-order chi connectivity index (χ0) is 17.9. The van der Waals surface area contributed by atoms with Crippen LogP contribution in [-0.2, 0) is 9.84 Å². The van der Waals surface area contributed by atoms with Gasteiger partial charge in [-0.3, -0.25) is 9.78 Å². The minimum atomic E-state index is -3.26. The van der Waals surface area contributed by atoms with Crippen molar-refractivity contribution < 1.29 is 13.2 Å². The molecular formula is C18H21N3O3S. The molecule has 6 nitrogen and oxygen atoms in total. The van der Waals surface area contributed by atoms with Crippen molar-refractivity contribution in [2.75, 3.05) is 25.4 Å². The molecule has 2 aromatic rings. The van der Waals surface area contributed by atoms with Gasteiger partial charge in [0.25, 0.3) is 5.91 Å². The van der Waals surface area contributed by atoms with Gasteiger partial charge < -0.3 is 10.2 Å². The number of rotatable bonds is 4. The maximum absolute atomic E-state index is 12.9. The Morgan fingerprint density at radius 1 is 1.28 bits per heavy atom. The van der Waals surface area contributed by atoms with Crippen molar-refractivity contribution >= 4 is 15.7 Å². The zero-order valence-electron chi connectivity index (χ0n) is 14.1. The molecule has 1 aromatic heterocycles. The summed E-state index contributed by atoms with van der Waals surface area (Å²) in [7, 11) is -3.26. The predicted octanol–water partition coefficient (Wildman–Crippen LogP) is 1.66. The minimum absolute atomic E-state index is 0.0428. The third-order valence-corrected chi connectivity index (χ3v) is 6.16. The van der Waals surface area contributed by atoms with Gasteiger partial charge in [0, 0.05) is 37.6 Å². The predicted molar refractivity (Wildman–Crippen MR) is 95.1 cm³/mol. The van der Waals surface area contributed by atoms with Crippen LogP contribution in [-0.4, -0.2) is 49.6 Å². The Balaban J connectivity index is 1.86. The molecule has 3 rings (SSSR count). The Morgan fingerprint density at radius 3 is 2.68 bits per heavy atom. The van der Waals surface area contributed by atoms with Crippen LogP contribution >= 0.6 is 0 Å². The first kappa shape index (κ1) is 17.6. The van der Waals surface area contributed by atoms with Crippen LogP contribution in [0.5, 0.6) is 0 Å². The summed E-state index contributed by atoms with van der Waals surface area (Å²) >= 11 is 0. The third-order valence-electron chi connectivity index (χ3n) is 4.41. The van der Waals surface area contributed by atoms with Gasteiger partial charge in [0.2, 0.25) is 0 Å². The molecule has 1 fully saturated rings. The molecule has 2 heterocycles. The lowest BCUT2D eigenvalue weighted by Gasteiger charge is -2.36. The van der Waals surface area contributed by atoms with Crippen molar-refractivity contribution in [3.8, 4) is 0 Å². The number of aromatic nitrogens is 1. The molecule has 0 saturated carbocycles. The van der Waals surface area contributed by atoms with E-state index in [1.165, 1.54) is 12.1 Å². The summed E-state index contributed by atoms with van der Waals surface area (Å²) in [5, 5.41) is 3.31. The van der Waals surface area contributed by atoms with Crippen LogP contribution in [0.15, 0.2) is 53.7 Å². The van der Waals surface area contributed by atoms with Crippen molar-refractivity contribution in [1.29, 1.82) is 0 Å². The molecule has 0 bridgehead atoms. The lowest BCUT2D eigenvalue weighted by molar-refractivity contribution is 0.0634. The molecule has 25 heavy (non-hydrogen) atoms. The van der Waals surface area contributed by atoms with E-state index in [4.69, 9.17) is 0 Å². The summed E-state index contributed by atoms with van der Waals surface area (Å²) in [6.07, 6.45) is 3.48. The monoisotopic (exact) mass is 359 g/mol. The third kappa shape index (κ3) is 3.72. The van der Waals surface area contributed by atoms with E-state index in [0.717, 1.165) is 12.1 Å². The molecule has 1 atom stereocenters. The number of carbonyl (C=O) groups excluding carboxylic acids is 1. The molecule has 1 amide bonds. The normalized spacial score (nSPS) is 18.1. The van der Waals surface area contributed by atoms with Gasteiger partial charge in [-0.05, 0) is 35.9 Å². The van der Waals surface area contributed by atoms with Gasteiger partial charge in [0.05, 0.1) is 16.7 Å². The van der Waals surface area contributed by atoms with E-state index in [1.807, 2.05) is 17.0 Å². The molecule has 1 aliphatic heterocycles. The minimum Gasteiger partial charge on any atom is -0.329 e. The second-order valence-corrected chi connectivity index (χ2v) is 8.21. The maximum Gasteiger partial charge on any atom is 0.254 e. The molecule has 0 radical (unpaired) electrons. The highest BCUT2D eigenvalue weighted by Gasteiger charge is 2.28. The number of benzene rings is 1.